The second kappa shape index (κ2) is 12.5. The molecule has 1 aromatic heterocycles. The maximum Gasteiger partial charge on any atom is 0.309 e. The van der Waals surface area contributed by atoms with Crippen molar-refractivity contribution < 1.29 is 28.8 Å². The van der Waals surface area contributed by atoms with E-state index in [4.69, 9.17) is 18.9 Å². The molecule has 0 radical (unpaired) electrons. The molecule has 5 aliphatic rings. The number of carboxylic acids is 1. The Morgan fingerprint density at radius 1 is 0.882 bits per heavy atom. The number of methoxy groups -OCH3 is 3. The van der Waals surface area contributed by atoms with Gasteiger partial charge in [0.2, 0.25) is 5.75 Å². The van der Waals surface area contributed by atoms with Crippen LogP contribution in [0.3, 0.4) is 0 Å². The third-order valence-corrected chi connectivity index (χ3v) is 16.3. The highest BCUT2D eigenvalue weighted by molar-refractivity contribution is 5.76. The van der Waals surface area contributed by atoms with Gasteiger partial charge in [-0.15, -0.1) is 5.10 Å². The van der Waals surface area contributed by atoms with Gasteiger partial charge < -0.3 is 24.1 Å². The molecule has 1 aromatic carbocycles. The Morgan fingerprint density at radius 2 is 1.59 bits per heavy atom. The van der Waals surface area contributed by atoms with Crippen molar-refractivity contribution in [1.82, 2.24) is 15.0 Å². The molecule has 7 rings (SSSR count). The Hall–Kier alpha value is -3.07. The highest BCUT2D eigenvalue weighted by Gasteiger charge is 2.72. The third-order valence-electron chi connectivity index (χ3n) is 16.3. The Bertz CT molecular complexity index is 1660. The summed E-state index contributed by atoms with van der Waals surface area (Å²) in [6.45, 7) is 19.7. The number of allylic oxidation sites excluding steroid dienone is 1. The molecule has 0 spiro atoms. The van der Waals surface area contributed by atoms with Crippen molar-refractivity contribution >= 4 is 5.97 Å². The number of hydrogen-bond donors (Lipinski definition) is 1. The van der Waals surface area contributed by atoms with Crippen LogP contribution in [0.15, 0.2) is 30.5 Å². The summed E-state index contributed by atoms with van der Waals surface area (Å²) in [5, 5.41) is 19.6. The predicted octanol–water partition coefficient (Wildman–Crippen LogP) is 8.92. The van der Waals surface area contributed by atoms with Crippen LogP contribution in [-0.4, -0.2) is 53.5 Å². The molecule has 0 bridgehead atoms. The first-order chi connectivity index (χ1) is 24.1. The summed E-state index contributed by atoms with van der Waals surface area (Å²) in [5.74, 6) is 3.25. The maximum atomic E-state index is 13.0. The molecule has 9 nitrogen and oxygen atoms in total. The molecule has 9 heteroatoms. The average molecular weight is 704 g/mol. The van der Waals surface area contributed by atoms with Crippen molar-refractivity contribution in [2.45, 2.75) is 118 Å². The zero-order chi connectivity index (χ0) is 36.7. The first-order valence-corrected chi connectivity index (χ1v) is 19.3. The van der Waals surface area contributed by atoms with Crippen molar-refractivity contribution in [3.8, 4) is 22.9 Å². The van der Waals surface area contributed by atoms with Gasteiger partial charge in [-0.3, -0.25) is 4.79 Å². The van der Waals surface area contributed by atoms with E-state index in [0.29, 0.717) is 47.5 Å². The van der Waals surface area contributed by atoms with Gasteiger partial charge in [0.1, 0.15) is 5.69 Å². The number of carboxylic acid groups (broad SMARTS) is 1. The van der Waals surface area contributed by atoms with E-state index in [-0.39, 0.29) is 33.7 Å². The number of benzene rings is 1. The zero-order valence-electron chi connectivity index (χ0n) is 32.5. The van der Waals surface area contributed by atoms with E-state index in [0.717, 1.165) is 56.3 Å². The van der Waals surface area contributed by atoms with Gasteiger partial charge in [-0.25, -0.2) is 4.68 Å². The summed E-state index contributed by atoms with van der Waals surface area (Å²) in [7, 11) is 4.80. The first-order valence-electron chi connectivity index (χ1n) is 19.3. The smallest absolute Gasteiger partial charge is 0.309 e. The lowest BCUT2D eigenvalue weighted by atomic mass is 9.32. The van der Waals surface area contributed by atoms with Crippen LogP contribution in [0.5, 0.6) is 17.2 Å². The van der Waals surface area contributed by atoms with E-state index >= 15 is 0 Å². The summed E-state index contributed by atoms with van der Waals surface area (Å²) in [5.41, 5.74) is 2.69. The number of aromatic nitrogens is 3. The topological polar surface area (TPSA) is 105 Å². The van der Waals surface area contributed by atoms with E-state index in [9.17, 15) is 9.90 Å². The number of aliphatic carboxylic acids is 1. The normalized spacial score (nSPS) is 39.5. The Balaban J connectivity index is 1.09. The molecule has 51 heavy (non-hydrogen) atoms. The van der Waals surface area contributed by atoms with E-state index in [1.165, 1.54) is 24.8 Å². The largest absolute Gasteiger partial charge is 0.493 e. The molecule has 1 heterocycles. The summed E-state index contributed by atoms with van der Waals surface area (Å²) >= 11 is 0. The van der Waals surface area contributed by atoms with Gasteiger partial charge in [0.15, 0.2) is 11.5 Å². The second-order valence-electron chi connectivity index (χ2n) is 18.3. The Labute approximate surface area is 304 Å². The summed E-state index contributed by atoms with van der Waals surface area (Å²) in [6.07, 6.45) is 12.6. The van der Waals surface area contributed by atoms with Crippen molar-refractivity contribution in [2.24, 2.45) is 56.7 Å². The minimum atomic E-state index is -0.574. The van der Waals surface area contributed by atoms with Crippen molar-refractivity contribution in [2.75, 3.05) is 21.3 Å². The minimum absolute atomic E-state index is 0.000317. The van der Waals surface area contributed by atoms with Crippen molar-refractivity contribution in [3.05, 3.63) is 36.2 Å². The summed E-state index contributed by atoms with van der Waals surface area (Å²) in [6, 6.07) is 3.72. The lowest BCUT2D eigenvalue weighted by Gasteiger charge is -2.72. The Morgan fingerprint density at radius 3 is 2.22 bits per heavy atom. The molecule has 10 atom stereocenters. The van der Waals surface area contributed by atoms with E-state index in [1.807, 2.05) is 18.3 Å². The van der Waals surface area contributed by atoms with Gasteiger partial charge in [-0.2, -0.15) is 0 Å². The number of nitrogens with zero attached hydrogens (tertiary/aromatic N) is 3. The van der Waals surface area contributed by atoms with Gasteiger partial charge in [-0.05, 0) is 122 Å². The fourth-order valence-corrected chi connectivity index (χ4v) is 13.7. The Kier molecular flexibility index (Phi) is 8.91. The van der Waals surface area contributed by atoms with Crippen LogP contribution in [-0.2, 0) is 16.1 Å². The molecule has 0 saturated heterocycles. The minimum Gasteiger partial charge on any atom is -0.493 e. The van der Waals surface area contributed by atoms with Crippen LogP contribution in [0.1, 0.15) is 111 Å². The molecule has 0 amide bonds. The summed E-state index contributed by atoms with van der Waals surface area (Å²) < 4.78 is 25.1. The number of hydrogen-bond acceptors (Lipinski definition) is 7. The number of rotatable bonds is 9. The van der Waals surface area contributed by atoms with Crippen molar-refractivity contribution in [1.29, 1.82) is 0 Å². The van der Waals surface area contributed by atoms with Crippen LogP contribution in [0.2, 0.25) is 0 Å². The van der Waals surface area contributed by atoms with Crippen LogP contribution in [0.4, 0.5) is 0 Å². The summed E-state index contributed by atoms with van der Waals surface area (Å²) in [4.78, 5) is 13.0. The van der Waals surface area contributed by atoms with Gasteiger partial charge in [0.05, 0.1) is 51.3 Å². The molecule has 280 valence electrons. The predicted molar refractivity (Wildman–Crippen MR) is 196 cm³/mol. The van der Waals surface area contributed by atoms with Crippen molar-refractivity contribution in [3.63, 3.8) is 0 Å². The quantitative estimate of drug-likeness (QED) is 0.258. The zero-order valence-corrected chi connectivity index (χ0v) is 32.5. The lowest BCUT2D eigenvalue weighted by molar-refractivity contribution is -0.252. The van der Waals surface area contributed by atoms with Crippen LogP contribution >= 0.6 is 0 Å². The molecule has 2 aromatic rings. The molecule has 0 unspecified atom stereocenters. The molecule has 1 N–H and O–H groups in total. The third kappa shape index (κ3) is 5.13. The van der Waals surface area contributed by atoms with E-state index in [1.54, 1.807) is 26.0 Å². The van der Waals surface area contributed by atoms with Gasteiger partial charge in [0.25, 0.3) is 0 Å². The van der Waals surface area contributed by atoms with Gasteiger partial charge in [0, 0.05) is 12.1 Å². The molecule has 5 fully saturated rings. The lowest BCUT2D eigenvalue weighted by Crippen LogP contribution is -2.67. The molecule has 0 aliphatic heterocycles. The number of ether oxygens (including phenoxy) is 4. The van der Waals surface area contributed by atoms with E-state index < -0.39 is 11.4 Å². The van der Waals surface area contributed by atoms with Gasteiger partial charge >= 0.3 is 5.97 Å². The fraction of sp³-hybridized carbons (Fsp3) is 0.738. The molecular formula is C42H61N3O6. The number of fused-ring (bicyclic) bond motifs is 7. The second-order valence-corrected chi connectivity index (χ2v) is 18.3. The molecular weight excluding hydrogens is 642 g/mol. The molecule has 5 saturated carbocycles. The van der Waals surface area contributed by atoms with Crippen LogP contribution in [0, 0.1) is 56.7 Å². The number of carbonyl (C=O) groups is 1. The van der Waals surface area contributed by atoms with Crippen LogP contribution in [0.25, 0.3) is 5.69 Å². The maximum absolute atomic E-state index is 13.0. The highest BCUT2D eigenvalue weighted by atomic mass is 16.5. The monoisotopic (exact) mass is 703 g/mol. The van der Waals surface area contributed by atoms with Crippen LogP contribution < -0.4 is 14.2 Å². The van der Waals surface area contributed by atoms with E-state index in [2.05, 4.69) is 58.4 Å². The fourth-order valence-electron chi connectivity index (χ4n) is 13.7. The highest BCUT2D eigenvalue weighted by Crippen LogP contribution is 2.77. The van der Waals surface area contributed by atoms with Gasteiger partial charge in [-0.1, -0.05) is 52.0 Å². The SMILES string of the molecule is C=C(C)[C@@H]1CC[C@]2(C(=O)O)CC[C@]3(C)[C@H](CC[C@@H]4[C@@]5(C)CC[C@H](OCc6cn(-c7cc(OC)c(OC)c(OC)c7)nn6)C(C)(C)[C@@H]5CC[C@]43C)[C@@H]12. The average Bonchev–Trinajstić information content (AvgIpc) is 3.73. The molecule has 5 aliphatic carbocycles. The first kappa shape index (κ1) is 36.3. The standard InChI is InChI=1S/C42H61N3O6/c1-25(2)28-13-18-42(37(46)47)20-19-40(6)29(35(28)42)11-12-33-39(5)16-15-34(38(3,4)32(39)14-17-41(33,40)7)51-24-26-23-45(44-43-26)27-21-30(48-8)36(50-10)31(22-27)49-9/h21-23,28-29,32-35H,1,11-20,24H2,2-10H3,(H,46,47)/t28-,29+,32-,33+,34-,35+,39-,40+,41+,42-/m0/s1.